The highest BCUT2D eigenvalue weighted by atomic mass is 16.1. The fourth-order valence-corrected chi connectivity index (χ4v) is 2.62. The highest BCUT2D eigenvalue weighted by Gasteiger charge is 2.22. The maximum atomic E-state index is 12.4. The van der Waals surface area contributed by atoms with E-state index in [0.717, 1.165) is 39.0 Å². The number of hydrogen-bond donors (Lipinski definition) is 2. The minimum Gasteiger partial charge on any atom is -0.370 e. The molecule has 110 valence electrons. The van der Waals surface area contributed by atoms with Crippen LogP contribution in [0.15, 0.2) is 18.3 Å². The Bertz CT molecular complexity index is 449. The molecule has 0 aromatic carbocycles. The second-order valence-corrected chi connectivity index (χ2v) is 5.14. The summed E-state index contributed by atoms with van der Waals surface area (Å²) in [5.41, 5.74) is 0.628. The normalized spacial score (nSPS) is 19.6. The molecule has 1 atom stereocenters. The van der Waals surface area contributed by atoms with Crippen LogP contribution in [0.25, 0.3) is 0 Å². The number of rotatable bonds is 5. The first kappa shape index (κ1) is 14.8. The predicted octanol–water partition coefficient (Wildman–Crippen LogP) is 1.73. The fourth-order valence-electron chi connectivity index (χ4n) is 2.62. The number of anilines is 1. The lowest BCUT2D eigenvalue weighted by atomic mass is 10.1. The number of pyridine rings is 1. The van der Waals surface area contributed by atoms with Crippen molar-refractivity contribution in [3.8, 4) is 0 Å². The SMILES string of the molecule is CCNc1ncccc1C(=O)NC1CCCN(CC)C1. The molecule has 1 aromatic heterocycles. The van der Waals surface area contributed by atoms with E-state index >= 15 is 0 Å². The third kappa shape index (κ3) is 3.70. The highest BCUT2D eigenvalue weighted by molar-refractivity contribution is 5.98. The van der Waals surface area contributed by atoms with Crippen LogP contribution in [0.3, 0.4) is 0 Å². The lowest BCUT2D eigenvalue weighted by Gasteiger charge is -2.32. The van der Waals surface area contributed by atoms with Crippen molar-refractivity contribution in [1.82, 2.24) is 15.2 Å². The first-order valence-electron chi connectivity index (χ1n) is 7.46. The number of amides is 1. The Labute approximate surface area is 120 Å². The van der Waals surface area contributed by atoms with E-state index in [9.17, 15) is 4.79 Å². The van der Waals surface area contributed by atoms with Gasteiger partial charge < -0.3 is 15.5 Å². The summed E-state index contributed by atoms with van der Waals surface area (Å²) in [4.78, 5) is 19.0. The van der Waals surface area contributed by atoms with Crippen LogP contribution in [0.5, 0.6) is 0 Å². The van der Waals surface area contributed by atoms with Gasteiger partial charge in [0.2, 0.25) is 0 Å². The van der Waals surface area contributed by atoms with Crippen LogP contribution < -0.4 is 10.6 Å². The van der Waals surface area contributed by atoms with Gasteiger partial charge in [0.15, 0.2) is 0 Å². The van der Waals surface area contributed by atoms with Gasteiger partial charge in [-0.25, -0.2) is 4.98 Å². The van der Waals surface area contributed by atoms with Gasteiger partial charge in [0.1, 0.15) is 5.82 Å². The van der Waals surface area contributed by atoms with Gasteiger partial charge in [-0.1, -0.05) is 6.92 Å². The molecule has 1 aromatic rings. The van der Waals surface area contributed by atoms with Crippen LogP contribution in [-0.4, -0.2) is 48.0 Å². The van der Waals surface area contributed by atoms with Crippen LogP contribution in [0, 0.1) is 0 Å². The Hall–Kier alpha value is -1.62. The van der Waals surface area contributed by atoms with Gasteiger partial charge in [0, 0.05) is 25.3 Å². The lowest BCUT2D eigenvalue weighted by molar-refractivity contribution is 0.0906. The molecule has 2 rings (SSSR count). The minimum absolute atomic E-state index is 0.0306. The van der Waals surface area contributed by atoms with Crippen molar-refractivity contribution >= 4 is 11.7 Å². The molecule has 2 heterocycles. The van der Waals surface area contributed by atoms with E-state index in [1.165, 1.54) is 0 Å². The van der Waals surface area contributed by atoms with E-state index in [1.54, 1.807) is 12.3 Å². The summed E-state index contributed by atoms with van der Waals surface area (Å²) in [7, 11) is 0. The Morgan fingerprint density at radius 1 is 1.50 bits per heavy atom. The molecule has 0 radical (unpaired) electrons. The monoisotopic (exact) mass is 276 g/mol. The number of piperidine rings is 1. The van der Waals surface area contributed by atoms with Crippen LogP contribution in [-0.2, 0) is 0 Å². The minimum atomic E-state index is -0.0306. The van der Waals surface area contributed by atoms with Crippen molar-refractivity contribution in [3.63, 3.8) is 0 Å². The van der Waals surface area contributed by atoms with E-state index in [-0.39, 0.29) is 11.9 Å². The van der Waals surface area contributed by atoms with Crippen molar-refractivity contribution in [3.05, 3.63) is 23.9 Å². The smallest absolute Gasteiger partial charge is 0.255 e. The third-order valence-electron chi connectivity index (χ3n) is 3.68. The fraction of sp³-hybridized carbons (Fsp3) is 0.600. The Balaban J connectivity index is 2.01. The molecular formula is C15H24N4O. The maximum absolute atomic E-state index is 12.4. The van der Waals surface area contributed by atoms with Crippen molar-refractivity contribution in [2.75, 3.05) is 31.5 Å². The van der Waals surface area contributed by atoms with Crippen LogP contribution in [0.1, 0.15) is 37.0 Å². The third-order valence-corrected chi connectivity index (χ3v) is 3.68. The zero-order valence-corrected chi connectivity index (χ0v) is 12.4. The molecule has 1 fully saturated rings. The van der Waals surface area contributed by atoms with Crippen LogP contribution in [0.2, 0.25) is 0 Å². The molecule has 5 heteroatoms. The Kier molecular flexibility index (Phi) is 5.35. The number of hydrogen-bond acceptors (Lipinski definition) is 4. The molecule has 1 amide bonds. The summed E-state index contributed by atoms with van der Waals surface area (Å²) in [6, 6.07) is 3.86. The van der Waals surface area contributed by atoms with Gasteiger partial charge in [0.05, 0.1) is 5.56 Å². The van der Waals surface area contributed by atoms with Gasteiger partial charge in [-0.2, -0.15) is 0 Å². The second kappa shape index (κ2) is 7.24. The molecule has 5 nitrogen and oxygen atoms in total. The van der Waals surface area contributed by atoms with E-state index in [4.69, 9.17) is 0 Å². The lowest BCUT2D eigenvalue weighted by Crippen LogP contribution is -2.47. The number of nitrogens with zero attached hydrogens (tertiary/aromatic N) is 2. The molecule has 1 saturated heterocycles. The van der Waals surface area contributed by atoms with Crippen LogP contribution in [0.4, 0.5) is 5.82 Å². The summed E-state index contributed by atoms with van der Waals surface area (Å²) < 4.78 is 0. The molecule has 20 heavy (non-hydrogen) atoms. The zero-order valence-electron chi connectivity index (χ0n) is 12.4. The average molecular weight is 276 g/mol. The van der Waals surface area contributed by atoms with Crippen molar-refractivity contribution < 1.29 is 4.79 Å². The summed E-state index contributed by atoms with van der Waals surface area (Å²) in [5, 5.41) is 6.27. The first-order chi connectivity index (χ1) is 9.74. The molecular weight excluding hydrogens is 252 g/mol. The molecule has 0 bridgehead atoms. The van der Waals surface area contributed by atoms with Crippen molar-refractivity contribution in [2.45, 2.75) is 32.7 Å². The quantitative estimate of drug-likeness (QED) is 0.860. The van der Waals surface area contributed by atoms with E-state index in [2.05, 4.69) is 27.4 Å². The van der Waals surface area contributed by atoms with E-state index in [1.807, 2.05) is 13.0 Å². The summed E-state index contributed by atoms with van der Waals surface area (Å²) in [5.74, 6) is 0.632. The maximum Gasteiger partial charge on any atom is 0.255 e. The van der Waals surface area contributed by atoms with Gasteiger partial charge in [-0.3, -0.25) is 4.79 Å². The molecule has 1 aliphatic heterocycles. The number of likely N-dealkylation sites (N-methyl/N-ethyl adjacent to an activating group) is 1. The van der Waals surface area contributed by atoms with Gasteiger partial charge in [0.25, 0.3) is 5.91 Å². The number of nitrogens with one attached hydrogen (secondary N) is 2. The van der Waals surface area contributed by atoms with Crippen molar-refractivity contribution in [1.29, 1.82) is 0 Å². The molecule has 0 aliphatic carbocycles. The topological polar surface area (TPSA) is 57.3 Å². The second-order valence-electron chi connectivity index (χ2n) is 5.14. The molecule has 1 unspecified atom stereocenters. The van der Waals surface area contributed by atoms with E-state index < -0.39 is 0 Å². The Morgan fingerprint density at radius 2 is 2.35 bits per heavy atom. The largest absolute Gasteiger partial charge is 0.370 e. The summed E-state index contributed by atoms with van der Waals surface area (Å²) in [6.07, 6.45) is 3.90. The highest BCUT2D eigenvalue weighted by Crippen LogP contribution is 2.14. The molecule has 0 saturated carbocycles. The predicted molar refractivity (Wildman–Crippen MR) is 81.0 cm³/mol. The van der Waals surface area contributed by atoms with Crippen LogP contribution >= 0.6 is 0 Å². The molecule has 1 aliphatic rings. The van der Waals surface area contributed by atoms with Gasteiger partial charge in [-0.15, -0.1) is 0 Å². The van der Waals surface area contributed by atoms with Crippen molar-refractivity contribution in [2.24, 2.45) is 0 Å². The van der Waals surface area contributed by atoms with E-state index in [0.29, 0.717) is 11.4 Å². The number of carbonyl (C=O) groups excluding carboxylic acids is 1. The molecule has 2 N–H and O–H groups in total. The first-order valence-corrected chi connectivity index (χ1v) is 7.46. The molecule has 0 spiro atoms. The summed E-state index contributed by atoms with van der Waals surface area (Å²) in [6.45, 7) is 8.04. The van der Waals surface area contributed by atoms with Gasteiger partial charge >= 0.3 is 0 Å². The number of carbonyl (C=O) groups is 1. The number of aromatic nitrogens is 1. The standard InChI is InChI=1S/C15H24N4O/c1-3-16-14-13(8-5-9-17-14)15(20)18-12-7-6-10-19(4-2)11-12/h5,8-9,12H,3-4,6-7,10-11H2,1-2H3,(H,16,17)(H,18,20). The zero-order chi connectivity index (χ0) is 14.4. The number of likely N-dealkylation sites (tertiary alicyclic amines) is 1. The van der Waals surface area contributed by atoms with Gasteiger partial charge in [-0.05, 0) is 45.0 Å². The average Bonchev–Trinajstić information content (AvgIpc) is 2.48. The summed E-state index contributed by atoms with van der Waals surface area (Å²) >= 11 is 0. The Morgan fingerprint density at radius 3 is 3.10 bits per heavy atom.